The van der Waals surface area contributed by atoms with Gasteiger partial charge in [0.25, 0.3) is 0 Å². The molecule has 3 rings (SSSR count). The summed E-state index contributed by atoms with van der Waals surface area (Å²) in [5, 5.41) is 3.20. The molecule has 0 unspecified atom stereocenters. The van der Waals surface area contributed by atoms with Gasteiger partial charge in [-0.25, -0.2) is 8.42 Å². The fourth-order valence-corrected chi connectivity index (χ4v) is 4.65. The first-order chi connectivity index (χ1) is 11.3. The molecule has 0 spiro atoms. The molecular weight excluding hydrogens is 362 g/mol. The number of fused-ring (bicyclic) bond motifs is 3. The number of hydrogen-bond acceptors (Lipinski definition) is 6. The monoisotopic (exact) mass is 378 g/mol. The average Bonchev–Trinajstić information content (AvgIpc) is 2.83. The predicted octanol–water partition coefficient (Wildman–Crippen LogP) is 3.92. The third-order valence-electron chi connectivity index (χ3n) is 3.72. The Bertz CT molecular complexity index is 935. The highest BCUT2D eigenvalue weighted by atomic mass is 32.2. The van der Waals surface area contributed by atoms with E-state index in [-0.39, 0.29) is 12.2 Å². The number of rotatable bonds is 5. The quantitative estimate of drug-likeness (QED) is 0.446. The van der Waals surface area contributed by atoms with Crippen molar-refractivity contribution in [3.63, 3.8) is 0 Å². The highest BCUT2D eigenvalue weighted by Crippen LogP contribution is 2.49. The summed E-state index contributed by atoms with van der Waals surface area (Å²) in [6.07, 6.45) is 2.20. The maximum Gasteiger partial charge on any atom is 0.0946 e. The highest BCUT2D eigenvalue weighted by Gasteiger charge is 2.26. The van der Waals surface area contributed by atoms with Crippen molar-refractivity contribution >= 4 is 55.4 Å². The topological polar surface area (TPSA) is 60.4 Å². The lowest BCUT2D eigenvalue weighted by atomic mass is 10.1. The van der Waals surface area contributed by atoms with E-state index in [1.165, 1.54) is 0 Å². The summed E-state index contributed by atoms with van der Waals surface area (Å²) >= 11 is 6.82. The van der Waals surface area contributed by atoms with E-state index in [2.05, 4.69) is 23.1 Å². The molecule has 2 aromatic rings. The zero-order valence-electron chi connectivity index (χ0n) is 13.1. The summed E-state index contributed by atoms with van der Waals surface area (Å²) in [6.45, 7) is 2.31. The molecule has 126 valence electrons. The van der Waals surface area contributed by atoms with Gasteiger partial charge in [0, 0.05) is 27.4 Å². The second kappa shape index (κ2) is 6.84. The average molecular weight is 379 g/mol. The third-order valence-corrected chi connectivity index (χ3v) is 5.72. The first kappa shape index (κ1) is 17.4. The van der Waals surface area contributed by atoms with Crippen LogP contribution in [-0.2, 0) is 10.1 Å². The molecule has 4 nitrogen and oxygen atoms in total. The van der Waals surface area contributed by atoms with E-state index in [4.69, 9.17) is 12.2 Å². The van der Waals surface area contributed by atoms with E-state index in [0.29, 0.717) is 6.54 Å². The van der Waals surface area contributed by atoms with Crippen LogP contribution in [0, 0.1) is 0 Å². The van der Waals surface area contributed by atoms with Gasteiger partial charge in [-0.15, -0.1) is 0 Å². The number of thioether (sulfide) groups is 1. The van der Waals surface area contributed by atoms with Crippen molar-refractivity contribution in [3.8, 4) is 0 Å². The van der Waals surface area contributed by atoms with Gasteiger partial charge in [-0.1, -0.05) is 54.3 Å². The van der Waals surface area contributed by atoms with Gasteiger partial charge in [0.15, 0.2) is 0 Å². The van der Waals surface area contributed by atoms with Gasteiger partial charge in [-0.3, -0.25) is 0 Å². The molecule has 0 amide bonds. The molecule has 1 heterocycles. The van der Waals surface area contributed by atoms with Gasteiger partial charge in [0.2, 0.25) is 0 Å². The Morgan fingerprint density at radius 3 is 2.75 bits per heavy atom. The highest BCUT2D eigenvalue weighted by molar-refractivity contribution is 8.03. The van der Waals surface area contributed by atoms with E-state index in [1.54, 1.807) is 11.8 Å². The minimum atomic E-state index is -4.20. The molecule has 0 aromatic heterocycles. The van der Waals surface area contributed by atoms with Crippen molar-refractivity contribution in [1.29, 1.82) is 0 Å². The lowest BCUT2D eigenvalue weighted by molar-refractivity contribution is 0.461. The fraction of sp³-hybridized carbons (Fsp3) is 0.235. The number of hydrogen-bond donors (Lipinski definition) is 0. The maximum absolute atomic E-state index is 10.9. The first-order valence-electron chi connectivity index (χ1n) is 7.48. The number of nitrogens with zero attached hydrogens (tertiary/aromatic N) is 1. The Hall–Kier alpha value is -1.41. The second-order valence-electron chi connectivity index (χ2n) is 5.60. The Kier molecular flexibility index (Phi) is 4.96. The van der Waals surface area contributed by atoms with E-state index in [9.17, 15) is 13.0 Å². The van der Waals surface area contributed by atoms with Crippen molar-refractivity contribution in [2.75, 3.05) is 17.2 Å². The van der Waals surface area contributed by atoms with Gasteiger partial charge in [-0.2, -0.15) is 0 Å². The van der Waals surface area contributed by atoms with Crippen molar-refractivity contribution in [2.24, 2.45) is 0 Å². The lowest BCUT2D eigenvalue weighted by Crippen LogP contribution is -2.22. The molecule has 0 N–H and O–H groups in total. The number of benzene rings is 2. The van der Waals surface area contributed by atoms with Gasteiger partial charge >= 0.3 is 0 Å². The van der Waals surface area contributed by atoms with Crippen molar-refractivity contribution in [2.45, 2.75) is 18.2 Å². The number of thiocarbonyl (C=S) groups is 1. The molecule has 2 aromatic carbocycles. The Labute approximate surface area is 151 Å². The summed E-state index contributed by atoms with van der Waals surface area (Å²) in [5.41, 5.74) is 1.06. The molecule has 0 fully saturated rings. The molecule has 1 aliphatic heterocycles. The number of anilines is 1. The molecule has 0 saturated heterocycles. The van der Waals surface area contributed by atoms with Crippen LogP contribution in [0.3, 0.4) is 0 Å². The molecule has 0 radical (unpaired) electrons. The van der Waals surface area contributed by atoms with Crippen molar-refractivity contribution < 1.29 is 13.0 Å². The normalized spacial score (nSPS) is 15.9. The standard InChI is InChI=1S/C17H17NO3S3/c1-12(22)11-16-18(9-4-10-24(19,20)21)17-14-6-3-2-5-13(14)7-8-15(17)23-16/h2-3,5-8,11H,4,9-10H2,1H3,(H,19,20,21)/p-1. The van der Waals surface area contributed by atoms with Crippen molar-refractivity contribution in [1.82, 2.24) is 0 Å². The SMILES string of the molecule is CC(=S)C=C1Sc2ccc3ccccc3c2N1CCCS(=O)(=O)[O-]. The van der Waals surface area contributed by atoms with Crippen LogP contribution in [-0.4, -0.2) is 30.1 Å². The van der Waals surface area contributed by atoms with E-state index >= 15 is 0 Å². The van der Waals surface area contributed by atoms with Crippen molar-refractivity contribution in [3.05, 3.63) is 47.5 Å². The molecule has 0 bridgehead atoms. The van der Waals surface area contributed by atoms with Crippen LogP contribution in [0.15, 0.2) is 52.4 Å². The molecule has 1 aliphatic rings. The molecule has 0 atom stereocenters. The van der Waals surface area contributed by atoms with Crippen LogP contribution >= 0.6 is 24.0 Å². The van der Waals surface area contributed by atoms with Crippen LogP contribution in [0.1, 0.15) is 13.3 Å². The van der Waals surface area contributed by atoms with Gasteiger partial charge in [0.05, 0.1) is 20.8 Å². The summed E-state index contributed by atoms with van der Waals surface area (Å²) in [4.78, 5) is 3.95. The summed E-state index contributed by atoms with van der Waals surface area (Å²) in [7, 11) is -4.20. The third kappa shape index (κ3) is 3.80. The van der Waals surface area contributed by atoms with Crippen LogP contribution in [0.2, 0.25) is 0 Å². The lowest BCUT2D eigenvalue weighted by Gasteiger charge is -2.22. The zero-order chi connectivity index (χ0) is 17.3. The van der Waals surface area contributed by atoms with E-state index in [1.807, 2.05) is 31.2 Å². The molecular formula is C17H16NO3S3-. The summed E-state index contributed by atoms with van der Waals surface area (Å²) < 4.78 is 32.7. The van der Waals surface area contributed by atoms with E-state index in [0.717, 1.165) is 31.2 Å². The van der Waals surface area contributed by atoms with Crippen LogP contribution < -0.4 is 4.90 Å². The van der Waals surface area contributed by atoms with Crippen LogP contribution in [0.25, 0.3) is 10.8 Å². The Morgan fingerprint density at radius 2 is 2.04 bits per heavy atom. The summed E-state index contributed by atoms with van der Waals surface area (Å²) in [5.74, 6) is -0.363. The molecule has 24 heavy (non-hydrogen) atoms. The first-order valence-corrected chi connectivity index (χ1v) is 10.3. The van der Waals surface area contributed by atoms with Gasteiger partial charge in [0.1, 0.15) is 0 Å². The van der Waals surface area contributed by atoms with E-state index < -0.39 is 10.1 Å². The van der Waals surface area contributed by atoms with Gasteiger partial charge in [-0.05, 0) is 30.9 Å². The smallest absolute Gasteiger partial charge is 0.0946 e. The van der Waals surface area contributed by atoms with Gasteiger partial charge < -0.3 is 9.45 Å². The fourth-order valence-electron chi connectivity index (χ4n) is 2.78. The Balaban J connectivity index is 2.02. The minimum absolute atomic E-state index is 0.281. The zero-order valence-corrected chi connectivity index (χ0v) is 15.5. The minimum Gasteiger partial charge on any atom is -0.748 e. The molecule has 7 heteroatoms. The maximum atomic E-state index is 10.9. The van der Waals surface area contributed by atoms with Crippen LogP contribution in [0.4, 0.5) is 5.69 Å². The second-order valence-corrected chi connectivity index (χ2v) is 8.83. The van der Waals surface area contributed by atoms with Crippen LogP contribution in [0.5, 0.6) is 0 Å². The largest absolute Gasteiger partial charge is 0.748 e. The molecule has 0 saturated carbocycles. The summed E-state index contributed by atoms with van der Waals surface area (Å²) in [6, 6.07) is 12.2. The Morgan fingerprint density at radius 1 is 1.29 bits per heavy atom. The number of allylic oxidation sites excluding steroid dienone is 1. The predicted molar refractivity (Wildman–Crippen MR) is 103 cm³/mol. The molecule has 0 aliphatic carbocycles.